The third-order valence-electron chi connectivity index (χ3n) is 5.24. The smallest absolute Gasteiger partial charge is 0.243 e. The zero-order valence-electron chi connectivity index (χ0n) is 17.5. The molecule has 154 valence electrons. The Kier molecular flexibility index (Phi) is 6.88. The third kappa shape index (κ3) is 6.06. The van der Waals surface area contributed by atoms with Crippen LogP contribution in [0.2, 0.25) is 0 Å². The van der Waals surface area contributed by atoms with Crippen molar-refractivity contribution in [2.45, 2.75) is 13.8 Å². The molecule has 1 N–H and O–H groups in total. The zero-order chi connectivity index (χ0) is 20.8. The van der Waals surface area contributed by atoms with Gasteiger partial charge < -0.3 is 15.1 Å². The highest BCUT2D eigenvalue weighted by Crippen LogP contribution is 2.17. The first-order chi connectivity index (χ1) is 13.9. The quantitative estimate of drug-likeness (QED) is 0.818. The molecule has 0 atom stereocenters. The largest absolute Gasteiger partial charge is 0.369 e. The first kappa shape index (κ1) is 20.9. The van der Waals surface area contributed by atoms with Crippen molar-refractivity contribution in [2.75, 3.05) is 56.5 Å². The summed E-state index contributed by atoms with van der Waals surface area (Å²) in [7, 11) is 1.68. The maximum Gasteiger partial charge on any atom is 0.243 e. The van der Waals surface area contributed by atoms with Gasteiger partial charge in [0.05, 0.1) is 13.1 Å². The maximum absolute atomic E-state index is 12.5. The lowest BCUT2D eigenvalue weighted by molar-refractivity contribution is -0.134. The molecule has 29 heavy (non-hydrogen) atoms. The lowest BCUT2D eigenvalue weighted by Gasteiger charge is -2.36. The minimum absolute atomic E-state index is 0.0342. The minimum atomic E-state index is -0.186. The number of hydrogen-bond donors (Lipinski definition) is 1. The van der Waals surface area contributed by atoms with Crippen LogP contribution in [0.4, 0.5) is 11.4 Å². The number of piperazine rings is 1. The van der Waals surface area contributed by atoms with Crippen LogP contribution >= 0.6 is 0 Å². The van der Waals surface area contributed by atoms with E-state index >= 15 is 0 Å². The van der Waals surface area contributed by atoms with Crippen molar-refractivity contribution in [2.24, 2.45) is 0 Å². The number of likely N-dealkylation sites (N-methyl/N-ethyl adjacent to an activating group) is 1. The number of carbonyl (C=O) groups excluding carboxylic acids is 2. The molecule has 0 radical (unpaired) electrons. The van der Waals surface area contributed by atoms with Gasteiger partial charge in [-0.2, -0.15) is 0 Å². The van der Waals surface area contributed by atoms with Crippen LogP contribution in [0.25, 0.3) is 0 Å². The predicted molar refractivity (Wildman–Crippen MR) is 117 cm³/mol. The van der Waals surface area contributed by atoms with Crippen molar-refractivity contribution in [3.63, 3.8) is 0 Å². The number of aryl methyl sites for hydroxylation is 2. The van der Waals surface area contributed by atoms with Gasteiger partial charge in [-0.1, -0.05) is 29.8 Å². The lowest BCUT2D eigenvalue weighted by atomic mass is 10.2. The summed E-state index contributed by atoms with van der Waals surface area (Å²) in [5.74, 6) is -0.220. The van der Waals surface area contributed by atoms with E-state index in [4.69, 9.17) is 0 Å². The summed E-state index contributed by atoms with van der Waals surface area (Å²) >= 11 is 0. The molecule has 1 heterocycles. The topological polar surface area (TPSA) is 55.9 Å². The summed E-state index contributed by atoms with van der Waals surface area (Å²) in [6.07, 6.45) is 0. The minimum Gasteiger partial charge on any atom is -0.369 e. The van der Waals surface area contributed by atoms with Crippen LogP contribution < -0.4 is 10.2 Å². The van der Waals surface area contributed by atoms with E-state index in [0.717, 1.165) is 37.4 Å². The van der Waals surface area contributed by atoms with Crippen LogP contribution in [0.3, 0.4) is 0 Å². The summed E-state index contributed by atoms with van der Waals surface area (Å²) in [6, 6.07) is 16.1. The monoisotopic (exact) mass is 394 g/mol. The Morgan fingerprint density at radius 1 is 0.966 bits per heavy atom. The second-order valence-corrected chi connectivity index (χ2v) is 7.77. The molecule has 0 aromatic heterocycles. The van der Waals surface area contributed by atoms with E-state index in [-0.39, 0.29) is 18.4 Å². The number of nitrogens with zero attached hydrogens (tertiary/aromatic N) is 3. The molecular weight excluding hydrogens is 364 g/mol. The van der Waals surface area contributed by atoms with Crippen LogP contribution in [0, 0.1) is 13.8 Å². The molecular formula is C23H30N4O2. The molecule has 3 rings (SSSR count). The van der Waals surface area contributed by atoms with Gasteiger partial charge in [-0.05, 0) is 43.7 Å². The van der Waals surface area contributed by atoms with E-state index in [1.54, 1.807) is 7.05 Å². The highest BCUT2D eigenvalue weighted by molar-refractivity contribution is 5.94. The number of amides is 2. The maximum atomic E-state index is 12.5. The number of carbonyl (C=O) groups is 2. The summed E-state index contributed by atoms with van der Waals surface area (Å²) in [5.41, 5.74) is 4.37. The molecule has 2 aromatic carbocycles. The van der Waals surface area contributed by atoms with Gasteiger partial charge in [0.2, 0.25) is 11.8 Å². The number of benzene rings is 2. The molecule has 1 aliphatic rings. The second-order valence-electron chi connectivity index (χ2n) is 7.77. The van der Waals surface area contributed by atoms with Crippen molar-refractivity contribution in [1.82, 2.24) is 9.80 Å². The second kappa shape index (κ2) is 9.56. The van der Waals surface area contributed by atoms with Gasteiger partial charge in [0.1, 0.15) is 0 Å². The highest BCUT2D eigenvalue weighted by Gasteiger charge is 2.21. The van der Waals surface area contributed by atoms with Gasteiger partial charge >= 0.3 is 0 Å². The Bertz CT molecular complexity index is 842. The molecule has 1 fully saturated rings. The molecule has 1 aliphatic heterocycles. The van der Waals surface area contributed by atoms with Crippen LogP contribution in [0.15, 0.2) is 48.5 Å². The molecule has 2 aromatic rings. The SMILES string of the molecule is Cc1ccc(NC(=O)CN(C)C(=O)CN2CCN(c3cccc(C)c3)CC2)cc1. The van der Waals surface area contributed by atoms with Crippen molar-refractivity contribution < 1.29 is 9.59 Å². The molecule has 0 saturated carbocycles. The fraction of sp³-hybridized carbons (Fsp3) is 0.391. The van der Waals surface area contributed by atoms with Gasteiger partial charge in [-0.25, -0.2) is 0 Å². The first-order valence-corrected chi connectivity index (χ1v) is 10.0. The Morgan fingerprint density at radius 2 is 1.66 bits per heavy atom. The molecule has 0 spiro atoms. The van der Waals surface area contributed by atoms with E-state index in [2.05, 4.69) is 46.3 Å². The Balaban J connectivity index is 1.43. The first-order valence-electron chi connectivity index (χ1n) is 10.0. The Labute approximate surface area is 173 Å². The van der Waals surface area contributed by atoms with Crippen LogP contribution in [0.5, 0.6) is 0 Å². The number of anilines is 2. The number of rotatable bonds is 6. The Morgan fingerprint density at radius 3 is 2.31 bits per heavy atom. The zero-order valence-corrected chi connectivity index (χ0v) is 17.5. The average Bonchev–Trinajstić information content (AvgIpc) is 2.70. The van der Waals surface area contributed by atoms with Gasteiger partial charge in [0.15, 0.2) is 0 Å². The van der Waals surface area contributed by atoms with Crippen molar-refractivity contribution >= 4 is 23.2 Å². The van der Waals surface area contributed by atoms with E-state index in [0.29, 0.717) is 6.54 Å². The average molecular weight is 395 g/mol. The summed E-state index contributed by atoms with van der Waals surface area (Å²) in [5, 5.41) is 2.83. The van der Waals surface area contributed by atoms with E-state index in [1.807, 2.05) is 31.2 Å². The number of nitrogens with one attached hydrogen (secondary N) is 1. The fourth-order valence-electron chi connectivity index (χ4n) is 3.44. The summed E-state index contributed by atoms with van der Waals surface area (Å²) < 4.78 is 0. The predicted octanol–water partition coefficient (Wildman–Crippen LogP) is 2.52. The molecule has 0 unspecified atom stereocenters. The lowest BCUT2D eigenvalue weighted by Crippen LogP contribution is -2.50. The standard InChI is InChI=1S/C23H30N4O2/c1-18-7-9-20(10-8-18)24-22(28)16-25(3)23(29)17-26-11-13-27(14-12-26)21-6-4-5-19(2)15-21/h4-10,15H,11-14,16-17H2,1-3H3,(H,24,28). The van der Waals surface area contributed by atoms with Crippen molar-refractivity contribution in [3.05, 3.63) is 59.7 Å². The van der Waals surface area contributed by atoms with E-state index in [9.17, 15) is 9.59 Å². The molecule has 6 nitrogen and oxygen atoms in total. The molecule has 0 aliphatic carbocycles. The van der Waals surface area contributed by atoms with E-state index in [1.165, 1.54) is 16.2 Å². The molecule has 2 amide bonds. The Hall–Kier alpha value is -2.86. The normalized spacial score (nSPS) is 14.5. The van der Waals surface area contributed by atoms with Crippen molar-refractivity contribution in [1.29, 1.82) is 0 Å². The number of hydrogen-bond acceptors (Lipinski definition) is 4. The molecule has 6 heteroatoms. The third-order valence-corrected chi connectivity index (χ3v) is 5.24. The van der Waals surface area contributed by atoms with Gasteiger partial charge in [0.25, 0.3) is 0 Å². The summed E-state index contributed by atoms with van der Waals surface area (Å²) in [4.78, 5) is 30.7. The summed E-state index contributed by atoms with van der Waals surface area (Å²) in [6.45, 7) is 7.96. The van der Waals surface area contributed by atoms with Gasteiger partial charge in [-0.3, -0.25) is 14.5 Å². The van der Waals surface area contributed by atoms with Crippen LogP contribution in [0.1, 0.15) is 11.1 Å². The fourth-order valence-corrected chi connectivity index (χ4v) is 3.44. The highest BCUT2D eigenvalue weighted by atomic mass is 16.2. The van der Waals surface area contributed by atoms with Gasteiger partial charge in [-0.15, -0.1) is 0 Å². The van der Waals surface area contributed by atoms with Crippen LogP contribution in [-0.4, -0.2) is 67.9 Å². The van der Waals surface area contributed by atoms with Gasteiger partial charge in [0, 0.05) is 44.6 Å². The molecule has 1 saturated heterocycles. The van der Waals surface area contributed by atoms with Crippen LogP contribution in [-0.2, 0) is 9.59 Å². The molecule has 0 bridgehead atoms. The van der Waals surface area contributed by atoms with E-state index < -0.39 is 0 Å². The van der Waals surface area contributed by atoms with Crippen molar-refractivity contribution in [3.8, 4) is 0 Å².